The van der Waals surface area contributed by atoms with Gasteiger partial charge >= 0.3 is 23.8 Å². The van der Waals surface area contributed by atoms with E-state index in [1.165, 1.54) is 33.7 Å². The van der Waals surface area contributed by atoms with Crippen LogP contribution < -0.4 is 10.6 Å². The van der Waals surface area contributed by atoms with E-state index in [0.29, 0.717) is 41.0 Å². The summed E-state index contributed by atoms with van der Waals surface area (Å²) in [6.07, 6.45) is 1.49. The third-order valence-electron chi connectivity index (χ3n) is 10.7. The van der Waals surface area contributed by atoms with Crippen molar-refractivity contribution in [1.82, 2.24) is 25.3 Å². The van der Waals surface area contributed by atoms with Crippen LogP contribution in [0.4, 0.5) is 4.79 Å². The van der Waals surface area contributed by atoms with Gasteiger partial charge in [-0.2, -0.15) is 0 Å². The number of Topliss-reactive ketones (excluding diaryl/α,β-unsaturated/α-hetero) is 1. The standard InChI is InChI=1S/C37H41ClN6O10S/c1-2-41-13-14-42(34(51)33(41)50)37(54)40-28(21-8-4-3-5-9-21)26(46)18-24-32(49)43-29(36(52)53)22(20-55-35(24)43)19-44(15-6-7-16-44)17-12-39-31(48)23-10-11-25(45)30(47)27(23)38/h3-5,8-11,24,28,35H,2,6-7,12-20H2,1H3,(H4-,39,40,45,47,48,50,51,52,53,54)/p+1/t24-,28-,35-/m1/s1. The summed E-state index contributed by atoms with van der Waals surface area (Å²) >= 11 is 7.43. The summed E-state index contributed by atoms with van der Waals surface area (Å²) in [5, 5.41) is 34.5. The van der Waals surface area contributed by atoms with Gasteiger partial charge in [0.1, 0.15) is 18.3 Å². The van der Waals surface area contributed by atoms with Crippen molar-refractivity contribution in [3.63, 3.8) is 0 Å². The van der Waals surface area contributed by atoms with Crippen molar-refractivity contribution in [2.75, 3.05) is 58.1 Å². The number of phenols is 2. The highest BCUT2D eigenvalue weighted by Crippen LogP contribution is 2.46. The topological polar surface area (TPSA) is 214 Å². The number of imide groups is 1. The number of phenolic OH excluding ortho intramolecular Hbond substituents is 2. The first-order valence-electron chi connectivity index (χ1n) is 18.0. The number of benzene rings is 2. The molecule has 18 heteroatoms. The summed E-state index contributed by atoms with van der Waals surface area (Å²) in [5.74, 6) is -6.26. The highest BCUT2D eigenvalue weighted by atomic mass is 35.5. The number of nitrogens with zero attached hydrogens (tertiary/aromatic N) is 4. The number of nitrogens with one attached hydrogen (secondary N) is 2. The zero-order valence-electron chi connectivity index (χ0n) is 30.0. The van der Waals surface area contributed by atoms with Crippen LogP contribution in [0.15, 0.2) is 53.7 Å². The zero-order valence-corrected chi connectivity index (χ0v) is 31.6. The van der Waals surface area contributed by atoms with Crippen LogP contribution in [0.2, 0.25) is 5.02 Å². The second-order valence-electron chi connectivity index (χ2n) is 14.0. The fourth-order valence-electron chi connectivity index (χ4n) is 7.74. The molecule has 4 heterocycles. The molecule has 16 nitrogen and oxygen atoms in total. The largest absolute Gasteiger partial charge is 0.504 e. The molecule has 292 valence electrons. The number of aromatic hydroxyl groups is 2. The van der Waals surface area contributed by atoms with Crippen molar-refractivity contribution in [1.29, 1.82) is 0 Å². The van der Waals surface area contributed by atoms with E-state index in [1.807, 2.05) is 0 Å². The Morgan fingerprint density at radius 3 is 2.38 bits per heavy atom. The number of hydrogen-bond acceptors (Lipinski definition) is 10. The molecule has 0 saturated carbocycles. The van der Waals surface area contributed by atoms with Crippen LogP contribution in [0.5, 0.6) is 11.5 Å². The molecule has 3 atom stereocenters. The number of halogens is 1. The maximum absolute atomic E-state index is 13.9. The molecule has 3 fully saturated rings. The van der Waals surface area contributed by atoms with Gasteiger partial charge in [-0.05, 0) is 24.6 Å². The normalized spacial score (nSPS) is 21.2. The van der Waals surface area contributed by atoms with Crippen molar-refractivity contribution >= 4 is 64.8 Å². The lowest BCUT2D eigenvalue weighted by Gasteiger charge is -2.50. The molecule has 2 aromatic rings. The average Bonchev–Trinajstić information content (AvgIpc) is 3.63. The molecule has 4 aliphatic heterocycles. The fourth-order valence-corrected chi connectivity index (χ4v) is 9.39. The van der Waals surface area contributed by atoms with Gasteiger partial charge in [-0.15, -0.1) is 11.8 Å². The van der Waals surface area contributed by atoms with Gasteiger partial charge in [0.25, 0.3) is 5.91 Å². The first-order valence-corrected chi connectivity index (χ1v) is 19.4. The number of β-lactam (4-membered cyclic amide) rings is 1. The van der Waals surface area contributed by atoms with E-state index in [0.717, 1.165) is 30.8 Å². The van der Waals surface area contributed by atoms with E-state index >= 15 is 0 Å². The minimum Gasteiger partial charge on any atom is -0.504 e. The number of quaternary nitrogens is 1. The quantitative estimate of drug-likeness (QED) is 0.0857. The van der Waals surface area contributed by atoms with Gasteiger partial charge in [0, 0.05) is 50.2 Å². The Bertz CT molecular complexity index is 1950. The fraction of sp³-hybridized carbons (Fsp3) is 0.432. The number of piperazine rings is 1. The maximum Gasteiger partial charge on any atom is 0.352 e. The molecule has 0 spiro atoms. The monoisotopic (exact) mass is 797 g/mol. The molecule has 2 aromatic carbocycles. The third kappa shape index (κ3) is 7.86. The number of urea groups is 1. The predicted molar refractivity (Wildman–Crippen MR) is 199 cm³/mol. The lowest BCUT2D eigenvalue weighted by Crippen LogP contribution is -2.63. The number of ketones is 1. The number of carbonyl (C=O) groups excluding carboxylic acids is 6. The Morgan fingerprint density at radius 1 is 1.00 bits per heavy atom. The van der Waals surface area contributed by atoms with Gasteiger partial charge < -0.3 is 35.3 Å². The number of likely N-dealkylation sites (tertiary alicyclic amines) is 1. The number of carbonyl (C=O) groups is 7. The molecule has 0 aromatic heterocycles. The van der Waals surface area contributed by atoms with E-state index in [1.54, 1.807) is 37.3 Å². The molecule has 6 rings (SSSR count). The van der Waals surface area contributed by atoms with E-state index in [4.69, 9.17) is 11.6 Å². The number of fused-ring (bicyclic) bond motifs is 1. The van der Waals surface area contributed by atoms with Gasteiger partial charge in [-0.25, -0.2) is 9.59 Å². The molecule has 0 aliphatic carbocycles. The summed E-state index contributed by atoms with van der Waals surface area (Å²) in [7, 11) is 0. The number of aliphatic carboxylic acids is 1. The average molecular weight is 798 g/mol. The number of likely N-dealkylation sites (N-methyl/N-ethyl adjacent to an activating group) is 1. The summed E-state index contributed by atoms with van der Waals surface area (Å²) in [6, 6.07) is 8.66. The molecule has 6 amide bonds. The Morgan fingerprint density at radius 2 is 1.71 bits per heavy atom. The Kier molecular flexibility index (Phi) is 11.7. The molecular formula is C37H42ClN6O10S+. The van der Waals surface area contributed by atoms with Crippen LogP contribution in [0.25, 0.3) is 0 Å². The first kappa shape index (κ1) is 39.6. The molecule has 3 saturated heterocycles. The second kappa shape index (κ2) is 16.3. The Labute approximate surface area is 325 Å². The van der Waals surface area contributed by atoms with Gasteiger partial charge in [-0.3, -0.25) is 33.8 Å². The van der Waals surface area contributed by atoms with Crippen LogP contribution in [0.1, 0.15) is 48.1 Å². The molecule has 55 heavy (non-hydrogen) atoms. The summed E-state index contributed by atoms with van der Waals surface area (Å²) in [5.41, 5.74) is 0.873. The van der Waals surface area contributed by atoms with Crippen LogP contribution in [-0.2, 0) is 24.0 Å². The van der Waals surface area contributed by atoms with Crippen molar-refractivity contribution in [3.8, 4) is 11.5 Å². The van der Waals surface area contributed by atoms with Crippen molar-refractivity contribution < 1.29 is 53.4 Å². The van der Waals surface area contributed by atoms with E-state index in [9.17, 15) is 48.9 Å². The van der Waals surface area contributed by atoms with Gasteiger partial charge in [0.15, 0.2) is 17.3 Å². The number of rotatable bonds is 13. The Hall–Kier alpha value is -5.13. The van der Waals surface area contributed by atoms with Crippen molar-refractivity contribution in [2.24, 2.45) is 5.92 Å². The number of carboxylic acids is 1. The Balaban J connectivity index is 1.14. The van der Waals surface area contributed by atoms with Crippen LogP contribution >= 0.6 is 23.4 Å². The SMILES string of the molecule is CCN1CCN(C(=O)N[C@@H](C(=O)C[C@@H]2C(=O)N3C(C(=O)O)=C(C[N+]4(CCNC(=O)c5ccc(O)c(O)c5Cl)CCCC4)CS[C@H]23)c2ccccc2)C(=O)C1=O. The van der Waals surface area contributed by atoms with Gasteiger partial charge in [0.2, 0.25) is 5.91 Å². The number of thioether (sulfide) groups is 1. The molecular weight excluding hydrogens is 756 g/mol. The van der Waals surface area contributed by atoms with Gasteiger partial charge in [-0.1, -0.05) is 41.9 Å². The number of carboxylic acid groups (broad SMARTS) is 1. The molecule has 4 aliphatic rings. The minimum atomic E-state index is -1.26. The van der Waals surface area contributed by atoms with Crippen LogP contribution in [-0.4, -0.2) is 139 Å². The lowest BCUT2D eigenvalue weighted by molar-refractivity contribution is -0.911. The molecule has 0 bridgehead atoms. The third-order valence-corrected chi connectivity index (χ3v) is 12.5. The van der Waals surface area contributed by atoms with Crippen molar-refractivity contribution in [2.45, 2.75) is 37.6 Å². The van der Waals surface area contributed by atoms with Crippen LogP contribution in [0.3, 0.4) is 0 Å². The lowest BCUT2D eigenvalue weighted by atomic mass is 9.87. The van der Waals surface area contributed by atoms with E-state index < -0.39 is 70.2 Å². The molecule has 0 radical (unpaired) electrons. The van der Waals surface area contributed by atoms with E-state index in [-0.39, 0.29) is 42.3 Å². The molecule has 0 unspecified atom stereocenters. The van der Waals surface area contributed by atoms with Gasteiger partial charge in [0.05, 0.1) is 48.1 Å². The predicted octanol–water partition coefficient (Wildman–Crippen LogP) is 2.06. The second-order valence-corrected chi connectivity index (χ2v) is 15.5. The van der Waals surface area contributed by atoms with E-state index in [2.05, 4.69) is 10.6 Å². The number of hydrogen-bond donors (Lipinski definition) is 5. The minimum absolute atomic E-state index is 0.00519. The highest BCUT2D eigenvalue weighted by Gasteiger charge is 2.55. The summed E-state index contributed by atoms with van der Waals surface area (Å²) < 4.78 is 0.482. The summed E-state index contributed by atoms with van der Waals surface area (Å²) in [6.45, 7) is 4.61. The van der Waals surface area contributed by atoms with Crippen LogP contribution in [0, 0.1) is 5.92 Å². The first-order chi connectivity index (χ1) is 26.3. The van der Waals surface area contributed by atoms with Crippen molar-refractivity contribution in [3.05, 3.63) is 69.9 Å². The molecule has 5 N–H and O–H groups in total. The maximum atomic E-state index is 13.9. The zero-order chi connectivity index (χ0) is 39.6. The number of amides is 6. The summed E-state index contributed by atoms with van der Waals surface area (Å²) in [4.78, 5) is 95.0. The smallest absolute Gasteiger partial charge is 0.352 e. The highest BCUT2D eigenvalue weighted by molar-refractivity contribution is 8.00.